The van der Waals surface area contributed by atoms with Gasteiger partial charge in [0, 0.05) is 35.9 Å². The first-order valence-electron chi connectivity index (χ1n) is 6.25. The van der Waals surface area contributed by atoms with Gasteiger partial charge in [0.15, 0.2) is 0 Å². The summed E-state index contributed by atoms with van der Waals surface area (Å²) in [4.78, 5) is 4.04. The molecule has 1 aliphatic heterocycles. The van der Waals surface area contributed by atoms with E-state index in [4.69, 9.17) is 23.2 Å². The van der Waals surface area contributed by atoms with Gasteiger partial charge in [-0.2, -0.15) is 0 Å². The van der Waals surface area contributed by atoms with Crippen LogP contribution in [0.5, 0.6) is 0 Å². The van der Waals surface area contributed by atoms with Crippen LogP contribution in [0.3, 0.4) is 0 Å². The molecule has 4 heteroatoms. The zero-order valence-corrected chi connectivity index (χ0v) is 11.9. The Kier molecular flexibility index (Phi) is 3.48. The highest BCUT2D eigenvalue weighted by atomic mass is 35.5. The topological polar surface area (TPSA) is 24.9 Å². The van der Waals surface area contributed by atoms with Crippen LogP contribution < -0.4 is 5.32 Å². The van der Waals surface area contributed by atoms with E-state index < -0.39 is 0 Å². The van der Waals surface area contributed by atoms with Gasteiger partial charge < -0.3 is 5.32 Å². The SMILES string of the molecule is Clc1ccc(C2(Cc3ccncc3Cl)CNC2)cc1. The normalized spacial score (nSPS) is 16.9. The Morgan fingerprint density at radius 3 is 2.42 bits per heavy atom. The van der Waals surface area contributed by atoms with E-state index in [1.165, 1.54) is 5.56 Å². The third-order valence-corrected chi connectivity index (χ3v) is 4.36. The maximum Gasteiger partial charge on any atom is 0.0621 e. The number of nitrogens with one attached hydrogen (secondary N) is 1. The molecular formula is C15H14Cl2N2. The fourth-order valence-corrected chi connectivity index (χ4v) is 2.89. The molecule has 1 saturated heterocycles. The molecule has 0 unspecified atom stereocenters. The largest absolute Gasteiger partial charge is 0.315 e. The van der Waals surface area contributed by atoms with Gasteiger partial charge >= 0.3 is 0 Å². The Balaban J connectivity index is 1.92. The van der Waals surface area contributed by atoms with Crippen LogP contribution in [0.15, 0.2) is 42.7 Å². The van der Waals surface area contributed by atoms with Crippen LogP contribution in [0.1, 0.15) is 11.1 Å². The third-order valence-electron chi connectivity index (χ3n) is 3.77. The zero-order valence-electron chi connectivity index (χ0n) is 10.4. The molecular weight excluding hydrogens is 279 g/mol. The van der Waals surface area contributed by atoms with Crippen LogP contribution in [-0.2, 0) is 11.8 Å². The van der Waals surface area contributed by atoms with Crippen LogP contribution in [0, 0.1) is 0 Å². The molecule has 2 nitrogen and oxygen atoms in total. The molecule has 3 rings (SSSR count). The van der Waals surface area contributed by atoms with Gasteiger partial charge in [-0.3, -0.25) is 4.98 Å². The summed E-state index contributed by atoms with van der Waals surface area (Å²) < 4.78 is 0. The number of hydrogen-bond donors (Lipinski definition) is 1. The lowest BCUT2D eigenvalue weighted by Gasteiger charge is -2.43. The molecule has 1 N–H and O–H groups in total. The molecule has 2 aromatic rings. The highest BCUT2D eigenvalue weighted by Gasteiger charge is 2.39. The van der Waals surface area contributed by atoms with Gasteiger partial charge in [0.2, 0.25) is 0 Å². The predicted octanol–water partition coefficient (Wildman–Crippen LogP) is 3.47. The van der Waals surface area contributed by atoms with E-state index in [1.54, 1.807) is 12.4 Å². The van der Waals surface area contributed by atoms with Crippen molar-refractivity contribution in [2.45, 2.75) is 11.8 Å². The standard InChI is InChI=1S/C15H14Cl2N2/c16-13-3-1-12(2-4-13)15(9-19-10-15)7-11-5-6-18-8-14(11)17/h1-6,8,19H,7,9-10H2. The second-order valence-electron chi connectivity index (χ2n) is 5.03. The van der Waals surface area contributed by atoms with E-state index in [2.05, 4.69) is 22.4 Å². The van der Waals surface area contributed by atoms with Gasteiger partial charge in [-0.25, -0.2) is 0 Å². The van der Waals surface area contributed by atoms with Gasteiger partial charge in [-0.1, -0.05) is 35.3 Å². The smallest absolute Gasteiger partial charge is 0.0621 e. The molecule has 0 amide bonds. The van der Waals surface area contributed by atoms with E-state index in [9.17, 15) is 0 Å². The Hall–Kier alpha value is -1.09. The quantitative estimate of drug-likeness (QED) is 0.937. The van der Waals surface area contributed by atoms with Crippen LogP contribution in [0.2, 0.25) is 10.0 Å². The van der Waals surface area contributed by atoms with E-state index in [-0.39, 0.29) is 5.41 Å². The zero-order chi connectivity index (χ0) is 13.3. The van der Waals surface area contributed by atoms with Crippen molar-refractivity contribution < 1.29 is 0 Å². The molecule has 1 aromatic carbocycles. The van der Waals surface area contributed by atoms with Crippen LogP contribution >= 0.6 is 23.2 Å². The number of pyridine rings is 1. The Labute approximate surface area is 122 Å². The van der Waals surface area contributed by atoms with E-state index in [0.717, 1.165) is 35.1 Å². The van der Waals surface area contributed by atoms with E-state index in [1.807, 2.05) is 18.2 Å². The molecule has 0 bridgehead atoms. The number of nitrogens with zero attached hydrogens (tertiary/aromatic N) is 1. The highest BCUT2D eigenvalue weighted by molar-refractivity contribution is 6.31. The minimum absolute atomic E-state index is 0.121. The monoisotopic (exact) mass is 292 g/mol. The Morgan fingerprint density at radius 1 is 1.11 bits per heavy atom. The van der Waals surface area contributed by atoms with Gasteiger partial charge in [-0.05, 0) is 35.7 Å². The summed E-state index contributed by atoms with van der Waals surface area (Å²) in [5.41, 5.74) is 2.58. The van der Waals surface area contributed by atoms with Crippen molar-refractivity contribution in [3.63, 3.8) is 0 Å². The van der Waals surface area contributed by atoms with E-state index in [0.29, 0.717) is 0 Å². The Bertz CT molecular complexity index is 577. The molecule has 0 aliphatic carbocycles. The number of halogens is 2. The number of benzene rings is 1. The summed E-state index contributed by atoms with van der Waals surface area (Å²) in [7, 11) is 0. The molecule has 0 radical (unpaired) electrons. The van der Waals surface area contributed by atoms with Crippen molar-refractivity contribution in [1.82, 2.24) is 10.3 Å². The maximum atomic E-state index is 6.22. The van der Waals surface area contributed by atoms with Crippen molar-refractivity contribution in [1.29, 1.82) is 0 Å². The van der Waals surface area contributed by atoms with Gasteiger partial charge in [-0.15, -0.1) is 0 Å². The fraction of sp³-hybridized carbons (Fsp3) is 0.267. The summed E-state index contributed by atoms with van der Waals surface area (Å²) in [6.07, 6.45) is 4.42. The van der Waals surface area contributed by atoms with Crippen LogP contribution in [-0.4, -0.2) is 18.1 Å². The molecule has 1 fully saturated rings. The lowest BCUT2D eigenvalue weighted by Crippen LogP contribution is -2.58. The summed E-state index contributed by atoms with van der Waals surface area (Å²) in [6, 6.07) is 10.1. The van der Waals surface area contributed by atoms with Crippen LogP contribution in [0.25, 0.3) is 0 Å². The minimum Gasteiger partial charge on any atom is -0.315 e. The van der Waals surface area contributed by atoms with E-state index >= 15 is 0 Å². The molecule has 0 saturated carbocycles. The molecule has 19 heavy (non-hydrogen) atoms. The average Bonchev–Trinajstić information content (AvgIpc) is 2.37. The molecule has 1 aromatic heterocycles. The maximum absolute atomic E-state index is 6.22. The third kappa shape index (κ3) is 2.48. The summed E-state index contributed by atoms with van der Waals surface area (Å²) in [5.74, 6) is 0. The highest BCUT2D eigenvalue weighted by Crippen LogP contribution is 2.34. The Morgan fingerprint density at radius 2 is 1.84 bits per heavy atom. The number of hydrogen-bond acceptors (Lipinski definition) is 2. The van der Waals surface area contributed by atoms with Crippen molar-refractivity contribution >= 4 is 23.2 Å². The summed E-state index contributed by atoms with van der Waals surface area (Å²) >= 11 is 12.2. The van der Waals surface area contributed by atoms with Gasteiger partial charge in [0.25, 0.3) is 0 Å². The summed E-state index contributed by atoms with van der Waals surface area (Å²) in [6.45, 7) is 1.93. The second-order valence-corrected chi connectivity index (χ2v) is 5.88. The minimum atomic E-state index is 0.121. The molecule has 0 spiro atoms. The second kappa shape index (κ2) is 5.12. The summed E-state index contributed by atoms with van der Waals surface area (Å²) in [5, 5.41) is 4.87. The van der Waals surface area contributed by atoms with Crippen molar-refractivity contribution in [2.24, 2.45) is 0 Å². The first-order valence-corrected chi connectivity index (χ1v) is 7.00. The first-order chi connectivity index (χ1) is 9.20. The van der Waals surface area contributed by atoms with Gasteiger partial charge in [0.1, 0.15) is 0 Å². The number of aromatic nitrogens is 1. The molecule has 1 aliphatic rings. The fourth-order valence-electron chi connectivity index (χ4n) is 2.57. The lowest BCUT2D eigenvalue weighted by molar-refractivity contribution is 0.275. The molecule has 0 atom stereocenters. The van der Waals surface area contributed by atoms with Crippen molar-refractivity contribution in [2.75, 3.05) is 13.1 Å². The van der Waals surface area contributed by atoms with Gasteiger partial charge in [0.05, 0.1) is 5.02 Å². The van der Waals surface area contributed by atoms with Crippen molar-refractivity contribution in [3.05, 3.63) is 63.9 Å². The lowest BCUT2D eigenvalue weighted by atomic mass is 9.71. The molecule has 2 heterocycles. The van der Waals surface area contributed by atoms with Crippen molar-refractivity contribution in [3.8, 4) is 0 Å². The first kappa shape index (κ1) is 12.9. The predicted molar refractivity (Wildman–Crippen MR) is 79.0 cm³/mol. The van der Waals surface area contributed by atoms with Crippen LogP contribution in [0.4, 0.5) is 0 Å². The number of rotatable bonds is 3. The molecule has 98 valence electrons. The average molecular weight is 293 g/mol.